The number of anilines is 1. The number of carbonyl (C=O) groups excluding carboxylic acids is 2. The van der Waals surface area contributed by atoms with Crippen molar-refractivity contribution in [1.82, 2.24) is 4.90 Å². The van der Waals surface area contributed by atoms with Crippen LogP contribution in [0.25, 0.3) is 6.08 Å². The first-order valence-corrected chi connectivity index (χ1v) is 9.29. The summed E-state index contributed by atoms with van der Waals surface area (Å²) in [6, 6.07) is 15.1. The first kappa shape index (κ1) is 16.9. The highest BCUT2D eigenvalue weighted by atomic mass is 32.2. The Hall–Kier alpha value is -2.57. The molecule has 26 heavy (non-hydrogen) atoms. The summed E-state index contributed by atoms with van der Waals surface area (Å²) in [5, 5.41) is 2.90. The fraction of sp³-hybridized carbons (Fsp3) is 0.200. The second-order valence-corrected chi connectivity index (χ2v) is 7.17. The van der Waals surface area contributed by atoms with Crippen molar-refractivity contribution in [2.45, 2.75) is 4.90 Å². The van der Waals surface area contributed by atoms with Crippen molar-refractivity contribution in [2.24, 2.45) is 0 Å². The maximum absolute atomic E-state index is 12.5. The van der Waals surface area contributed by atoms with Crippen molar-refractivity contribution in [1.29, 1.82) is 0 Å². The van der Waals surface area contributed by atoms with Crippen LogP contribution in [0.5, 0.6) is 0 Å². The molecule has 2 heterocycles. The van der Waals surface area contributed by atoms with Crippen LogP contribution in [0.15, 0.2) is 58.3 Å². The molecule has 0 radical (unpaired) electrons. The van der Waals surface area contributed by atoms with Gasteiger partial charge in [0.1, 0.15) is 0 Å². The average molecular weight is 366 g/mol. The van der Waals surface area contributed by atoms with Crippen LogP contribution in [0.2, 0.25) is 0 Å². The van der Waals surface area contributed by atoms with Gasteiger partial charge in [0.25, 0.3) is 11.8 Å². The van der Waals surface area contributed by atoms with Crippen LogP contribution in [-0.2, 0) is 9.53 Å². The Kier molecular flexibility index (Phi) is 4.77. The molecule has 0 bridgehead atoms. The van der Waals surface area contributed by atoms with E-state index in [-0.39, 0.29) is 11.8 Å². The molecule has 2 amide bonds. The first-order chi connectivity index (χ1) is 12.7. The van der Waals surface area contributed by atoms with E-state index in [1.165, 1.54) is 11.8 Å². The number of fused-ring (bicyclic) bond motifs is 1. The largest absolute Gasteiger partial charge is 0.378 e. The normalized spacial score (nSPS) is 18.4. The van der Waals surface area contributed by atoms with Crippen molar-refractivity contribution in [3.8, 4) is 0 Å². The number of ether oxygens (including phenoxy) is 1. The van der Waals surface area contributed by atoms with Gasteiger partial charge < -0.3 is 15.0 Å². The number of nitrogens with zero attached hydrogens (tertiary/aromatic N) is 1. The van der Waals surface area contributed by atoms with Gasteiger partial charge in [-0.05, 0) is 35.9 Å². The quantitative estimate of drug-likeness (QED) is 0.829. The van der Waals surface area contributed by atoms with E-state index in [1.54, 1.807) is 4.90 Å². The number of benzene rings is 2. The summed E-state index contributed by atoms with van der Waals surface area (Å²) in [5.74, 6) is -0.0895. The Morgan fingerprint density at radius 1 is 1.08 bits per heavy atom. The number of morpholine rings is 1. The molecule has 2 aliphatic rings. The Morgan fingerprint density at radius 3 is 2.58 bits per heavy atom. The van der Waals surface area contributed by atoms with Gasteiger partial charge >= 0.3 is 0 Å². The van der Waals surface area contributed by atoms with Gasteiger partial charge in [0.05, 0.1) is 23.8 Å². The fourth-order valence-corrected chi connectivity index (χ4v) is 3.88. The lowest BCUT2D eigenvalue weighted by atomic mass is 10.1. The molecule has 0 aromatic heterocycles. The van der Waals surface area contributed by atoms with Crippen LogP contribution in [0.1, 0.15) is 15.9 Å². The zero-order chi connectivity index (χ0) is 17.9. The predicted octanol–water partition coefficient (Wildman–Crippen LogP) is 3.24. The zero-order valence-electron chi connectivity index (χ0n) is 14.1. The number of thioether (sulfide) groups is 1. The van der Waals surface area contributed by atoms with Crippen LogP contribution in [0.4, 0.5) is 5.69 Å². The van der Waals surface area contributed by atoms with E-state index in [4.69, 9.17) is 4.74 Å². The molecule has 2 aromatic rings. The molecular formula is C20H18N2O3S. The van der Waals surface area contributed by atoms with Crippen LogP contribution in [-0.4, -0.2) is 43.0 Å². The zero-order valence-corrected chi connectivity index (χ0v) is 14.9. The number of hydrogen-bond acceptors (Lipinski definition) is 4. The molecule has 0 unspecified atom stereocenters. The van der Waals surface area contributed by atoms with E-state index in [2.05, 4.69) is 5.32 Å². The van der Waals surface area contributed by atoms with Crippen LogP contribution in [0, 0.1) is 0 Å². The second kappa shape index (κ2) is 7.35. The molecule has 132 valence electrons. The van der Waals surface area contributed by atoms with Gasteiger partial charge in [-0.25, -0.2) is 0 Å². The third-order valence-corrected chi connectivity index (χ3v) is 5.43. The Balaban J connectivity index is 1.51. The molecule has 0 spiro atoms. The molecule has 0 atom stereocenters. The molecule has 0 aliphatic carbocycles. The fourth-order valence-electron chi connectivity index (χ4n) is 2.92. The minimum absolute atomic E-state index is 0.0196. The van der Waals surface area contributed by atoms with Crippen molar-refractivity contribution in [3.05, 3.63) is 64.6 Å². The molecule has 4 rings (SSSR count). The summed E-state index contributed by atoms with van der Waals surface area (Å²) < 4.78 is 5.28. The molecule has 2 aromatic carbocycles. The van der Waals surface area contributed by atoms with Crippen molar-refractivity contribution in [2.75, 3.05) is 31.6 Å². The minimum atomic E-state index is -0.109. The lowest BCUT2D eigenvalue weighted by Crippen LogP contribution is -2.40. The monoisotopic (exact) mass is 366 g/mol. The molecule has 2 aliphatic heterocycles. The number of hydrogen-bond donors (Lipinski definition) is 1. The third kappa shape index (κ3) is 3.52. The standard InChI is InChI=1S/C20H18N2O3S/c23-19-18(26-17-4-2-1-3-16(17)21-19)13-14-5-7-15(8-6-14)20(24)22-9-11-25-12-10-22/h1-8,13H,9-12H2,(H,21,23)/b18-13+. The lowest BCUT2D eigenvalue weighted by Gasteiger charge is -2.26. The smallest absolute Gasteiger partial charge is 0.262 e. The van der Waals surface area contributed by atoms with E-state index >= 15 is 0 Å². The number of amides is 2. The number of nitrogens with one attached hydrogen (secondary N) is 1. The summed E-state index contributed by atoms with van der Waals surface area (Å²) in [7, 11) is 0. The Labute approximate surface area is 156 Å². The summed E-state index contributed by atoms with van der Waals surface area (Å²) in [6.45, 7) is 2.43. The number of rotatable bonds is 2. The topological polar surface area (TPSA) is 58.6 Å². The molecule has 5 nitrogen and oxygen atoms in total. The summed E-state index contributed by atoms with van der Waals surface area (Å²) in [6.07, 6.45) is 1.85. The number of carbonyl (C=O) groups is 2. The van der Waals surface area contributed by atoms with Gasteiger partial charge in [0.15, 0.2) is 0 Å². The maximum Gasteiger partial charge on any atom is 0.262 e. The van der Waals surface area contributed by atoms with Gasteiger partial charge in [0.2, 0.25) is 0 Å². The highest BCUT2D eigenvalue weighted by Gasteiger charge is 2.21. The Morgan fingerprint density at radius 2 is 1.81 bits per heavy atom. The van der Waals surface area contributed by atoms with Crippen LogP contribution >= 0.6 is 11.8 Å². The molecule has 1 saturated heterocycles. The SMILES string of the molecule is O=C1Nc2ccccc2S/C1=C/c1ccc(C(=O)N2CCOCC2)cc1. The molecule has 1 N–H and O–H groups in total. The summed E-state index contributed by atoms with van der Waals surface area (Å²) in [5.41, 5.74) is 2.38. The summed E-state index contributed by atoms with van der Waals surface area (Å²) in [4.78, 5) is 28.2. The van der Waals surface area contributed by atoms with Gasteiger partial charge in [-0.2, -0.15) is 0 Å². The van der Waals surface area contributed by atoms with Gasteiger partial charge in [0, 0.05) is 23.5 Å². The predicted molar refractivity (Wildman–Crippen MR) is 102 cm³/mol. The van der Waals surface area contributed by atoms with Crippen molar-refractivity contribution in [3.63, 3.8) is 0 Å². The van der Waals surface area contributed by atoms with Crippen LogP contribution in [0.3, 0.4) is 0 Å². The molecular weight excluding hydrogens is 348 g/mol. The molecule has 6 heteroatoms. The van der Waals surface area contributed by atoms with E-state index in [9.17, 15) is 9.59 Å². The van der Waals surface area contributed by atoms with Crippen LogP contribution < -0.4 is 5.32 Å². The van der Waals surface area contributed by atoms with Crippen molar-refractivity contribution < 1.29 is 14.3 Å². The highest BCUT2D eigenvalue weighted by molar-refractivity contribution is 8.04. The lowest BCUT2D eigenvalue weighted by molar-refractivity contribution is -0.112. The van der Waals surface area contributed by atoms with Gasteiger partial charge in [-0.3, -0.25) is 9.59 Å². The van der Waals surface area contributed by atoms with Gasteiger partial charge in [-0.15, -0.1) is 0 Å². The van der Waals surface area contributed by atoms with Gasteiger partial charge in [-0.1, -0.05) is 36.0 Å². The minimum Gasteiger partial charge on any atom is -0.378 e. The van der Waals surface area contributed by atoms with Crippen molar-refractivity contribution >= 4 is 35.3 Å². The van der Waals surface area contributed by atoms with E-state index in [0.29, 0.717) is 36.8 Å². The summed E-state index contributed by atoms with van der Waals surface area (Å²) >= 11 is 1.45. The highest BCUT2D eigenvalue weighted by Crippen LogP contribution is 2.38. The number of para-hydroxylation sites is 1. The maximum atomic E-state index is 12.5. The molecule has 0 saturated carbocycles. The Bertz CT molecular complexity index is 871. The average Bonchev–Trinajstić information content (AvgIpc) is 2.69. The van der Waals surface area contributed by atoms with E-state index in [0.717, 1.165) is 16.1 Å². The third-order valence-electron chi connectivity index (χ3n) is 4.33. The van der Waals surface area contributed by atoms with E-state index < -0.39 is 0 Å². The first-order valence-electron chi connectivity index (χ1n) is 8.48. The van der Waals surface area contributed by atoms with E-state index in [1.807, 2.05) is 54.6 Å². The molecule has 1 fully saturated rings. The second-order valence-electron chi connectivity index (χ2n) is 6.09.